The van der Waals surface area contributed by atoms with Gasteiger partial charge in [0.15, 0.2) is 0 Å². The van der Waals surface area contributed by atoms with E-state index in [9.17, 15) is 13.2 Å². The van der Waals surface area contributed by atoms with Crippen molar-refractivity contribution in [3.8, 4) is 0 Å². The smallest absolute Gasteiger partial charge is 0.251 e. The van der Waals surface area contributed by atoms with Crippen molar-refractivity contribution in [1.82, 2.24) is 5.32 Å². The lowest BCUT2D eigenvalue weighted by Gasteiger charge is -2.21. The molecule has 0 aromatic heterocycles. The van der Waals surface area contributed by atoms with Gasteiger partial charge in [-0.3, -0.25) is 9.10 Å². The molecular weight excluding hydrogens is 374 g/mol. The molecule has 1 amide bonds. The van der Waals surface area contributed by atoms with Gasteiger partial charge in [-0.05, 0) is 49.1 Å². The Balaban J connectivity index is 1.47. The van der Waals surface area contributed by atoms with E-state index in [1.807, 2.05) is 18.2 Å². The largest absolute Gasteiger partial charge is 0.371 e. The Morgan fingerprint density at radius 1 is 0.964 bits per heavy atom. The summed E-state index contributed by atoms with van der Waals surface area (Å²) in [5, 5.41) is 2.98. The fourth-order valence-corrected chi connectivity index (χ4v) is 5.49. The Morgan fingerprint density at radius 2 is 1.75 bits per heavy atom. The number of benzene rings is 2. The number of para-hydroxylation sites is 1. The van der Waals surface area contributed by atoms with Crippen molar-refractivity contribution in [1.29, 1.82) is 0 Å². The molecule has 148 valence electrons. The molecule has 2 saturated heterocycles. The highest BCUT2D eigenvalue weighted by atomic mass is 32.2. The maximum absolute atomic E-state index is 12.7. The van der Waals surface area contributed by atoms with Crippen LogP contribution in [0, 0.1) is 0 Å². The van der Waals surface area contributed by atoms with Gasteiger partial charge in [-0.15, -0.1) is 0 Å². The summed E-state index contributed by atoms with van der Waals surface area (Å²) in [5.74, 6) is -0.0360. The zero-order chi connectivity index (χ0) is 19.6. The van der Waals surface area contributed by atoms with Crippen LogP contribution < -0.4 is 14.5 Å². The van der Waals surface area contributed by atoms with Gasteiger partial charge < -0.3 is 10.2 Å². The van der Waals surface area contributed by atoms with E-state index in [0.29, 0.717) is 30.8 Å². The number of nitrogens with zero attached hydrogens (tertiary/aromatic N) is 2. The first-order valence-corrected chi connectivity index (χ1v) is 11.4. The van der Waals surface area contributed by atoms with Gasteiger partial charge in [0, 0.05) is 37.4 Å². The molecule has 0 radical (unpaired) electrons. The van der Waals surface area contributed by atoms with E-state index in [-0.39, 0.29) is 11.7 Å². The molecule has 0 spiro atoms. The van der Waals surface area contributed by atoms with E-state index in [0.717, 1.165) is 18.7 Å². The monoisotopic (exact) mass is 399 g/mol. The van der Waals surface area contributed by atoms with E-state index < -0.39 is 10.0 Å². The highest BCUT2D eigenvalue weighted by Gasteiger charge is 2.28. The minimum absolute atomic E-state index is 0.163. The molecule has 6 nitrogen and oxygen atoms in total. The second kappa shape index (κ2) is 7.83. The number of amides is 1. The lowest BCUT2D eigenvalue weighted by atomic mass is 10.1. The van der Waals surface area contributed by atoms with Gasteiger partial charge in [0.1, 0.15) is 0 Å². The van der Waals surface area contributed by atoms with Gasteiger partial charge in [0.05, 0.1) is 11.4 Å². The molecule has 0 bridgehead atoms. The number of rotatable bonds is 5. The highest BCUT2D eigenvalue weighted by molar-refractivity contribution is 7.93. The van der Waals surface area contributed by atoms with Gasteiger partial charge in [0.25, 0.3) is 5.91 Å². The van der Waals surface area contributed by atoms with Crippen LogP contribution in [0.25, 0.3) is 0 Å². The zero-order valence-corrected chi connectivity index (χ0v) is 16.6. The summed E-state index contributed by atoms with van der Waals surface area (Å²) in [4.78, 5) is 15.0. The maximum Gasteiger partial charge on any atom is 0.251 e. The number of sulfonamides is 1. The third kappa shape index (κ3) is 3.85. The fraction of sp³-hybridized carbons (Fsp3) is 0.381. The molecule has 2 aliphatic rings. The standard InChI is InChI=1S/C21H25N3O3S/c25-21(17-8-5-9-19(15-17)24-13-6-14-28(24,26)27)22-16-18-7-1-2-10-20(18)23-11-3-4-12-23/h1-2,5,7-10,15H,3-4,6,11-14,16H2,(H,22,25). The molecule has 2 fully saturated rings. The van der Waals surface area contributed by atoms with E-state index in [1.54, 1.807) is 24.3 Å². The van der Waals surface area contributed by atoms with Crippen molar-refractivity contribution in [3.05, 3.63) is 59.7 Å². The van der Waals surface area contributed by atoms with Crippen molar-refractivity contribution in [2.75, 3.05) is 34.6 Å². The Bertz CT molecular complexity index is 968. The maximum atomic E-state index is 12.7. The van der Waals surface area contributed by atoms with Crippen LogP contribution in [0.4, 0.5) is 11.4 Å². The molecule has 4 rings (SSSR count). The summed E-state index contributed by atoms with van der Waals surface area (Å²) in [6.07, 6.45) is 3.02. The molecular formula is C21H25N3O3S. The molecule has 2 aromatic carbocycles. The molecule has 2 aromatic rings. The van der Waals surface area contributed by atoms with Crippen LogP contribution in [0.5, 0.6) is 0 Å². The van der Waals surface area contributed by atoms with E-state index in [4.69, 9.17) is 0 Å². The Labute approximate surface area is 166 Å². The first kappa shape index (κ1) is 18.8. The van der Waals surface area contributed by atoms with Crippen LogP contribution in [0.2, 0.25) is 0 Å². The number of hydrogen-bond donors (Lipinski definition) is 1. The summed E-state index contributed by atoms with van der Waals surface area (Å²) in [6.45, 7) is 3.02. The van der Waals surface area contributed by atoms with Crippen molar-refractivity contribution in [3.63, 3.8) is 0 Å². The van der Waals surface area contributed by atoms with E-state index in [1.165, 1.54) is 22.8 Å². The predicted octanol–water partition coefficient (Wildman–Crippen LogP) is 2.76. The lowest BCUT2D eigenvalue weighted by Crippen LogP contribution is -2.27. The molecule has 0 unspecified atom stereocenters. The van der Waals surface area contributed by atoms with Crippen LogP contribution in [-0.4, -0.2) is 39.7 Å². The van der Waals surface area contributed by atoms with Crippen LogP contribution in [0.15, 0.2) is 48.5 Å². The summed E-state index contributed by atoms with van der Waals surface area (Å²) < 4.78 is 25.7. The van der Waals surface area contributed by atoms with Gasteiger partial charge >= 0.3 is 0 Å². The topological polar surface area (TPSA) is 69.7 Å². The zero-order valence-electron chi connectivity index (χ0n) is 15.8. The van der Waals surface area contributed by atoms with Crippen LogP contribution >= 0.6 is 0 Å². The van der Waals surface area contributed by atoms with Crippen LogP contribution in [0.1, 0.15) is 35.2 Å². The molecule has 0 aliphatic carbocycles. The lowest BCUT2D eigenvalue weighted by molar-refractivity contribution is 0.0951. The summed E-state index contributed by atoms with van der Waals surface area (Å²) in [6, 6.07) is 15.0. The molecule has 0 saturated carbocycles. The number of anilines is 2. The highest BCUT2D eigenvalue weighted by Crippen LogP contribution is 2.26. The average molecular weight is 400 g/mol. The predicted molar refractivity (Wildman–Crippen MR) is 111 cm³/mol. The minimum atomic E-state index is -3.26. The van der Waals surface area contributed by atoms with Gasteiger partial charge in [-0.1, -0.05) is 24.3 Å². The minimum Gasteiger partial charge on any atom is -0.371 e. The quantitative estimate of drug-likeness (QED) is 0.839. The van der Waals surface area contributed by atoms with Crippen molar-refractivity contribution in [2.45, 2.75) is 25.8 Å². The Hall–Kier alpha value is -2.54. The van der Waals surface area contributed by atoms with Gasteiger partial charge in [0.2, 0.25) is 10.0 Å². The van der Waals surface area contributed by atoms with E-state index in [2.05, 4.69) is 16.3 Å². The van der Waals surface area contributed by atoms with E-state index >= 15 is 0 Å². The van der Waals surface area contributed by atoms with Crippen molar-refractivity contribution in [2.24, 2.45) is 0 Å². The Kier molecular flexibility index (Phi) is 5.26. The molecule has 2 heterocycles. The molecule has 7 heteroatoms. The molecule has 2 aliphatic heterocycles. The van der Waals surface area contributed by atoms with Crippen LogP contribution in [-0.2, 0) is 16.6 Å². The molecule has 28 heavy (non-hydrogen) atoms. The second-order valence-corrected chi connectivity index (χ2v) is 9.31. The first-order valence-electron chi connectivity index (χ1n) is 9.76. The number of carbonyl (C=O) groups excluding carboxylic acids is 1. The Morgan fingerprint density at radius 3 is 2.50 bits per heavy atom. The van der Waals surface area contributed by atoms with Gasteiger partial charge in [-0.25, -0.2) is 8.42 Å². The SMILES string of the molecule is O=C(NCc1ccccc1N1CCCC1)c1cccc(N2CCCS2(=O)=O)c1. The number of hydrogen-bond acceptors (Lipinski definition) is 4. The average Bonchev–Trinajstić information content (AvgIpc) is 3.35. The molecule has 0 atom stereocenters. The fourth-order valence-electron chi connectivity index (χ4n) is 3.94. The normalized spacial score (nSPS) is 18.4. The van der Waals surface area contributed by atoms with Crippen molar-refractivity contribution >= 4 is 27.3 Å². The second-order valence-electron chi connectivity index (χ2n) is 7.30. The summed E-state index contributed by atoms with van der Waals surface area (Å²) in [7, 11) is -3.26. The third-order valence-corrected chi connectivity index (χ3v) is 7.24. The molecule has 1 N–H and O–H groups in total. The number of nitrogens with one attached hydrogen (secondary N) is 1. The first-order chi connectivity index (χ1) is 13.5. The van der Waals surface area contributed by atoms with Crippen molar-refractivity contribution < 1.29 is 13.2 Å². The summed E-state index contributed by atoms with van der Waals surface area (Å²) in [5.41, 5.74) is 3.30. The number of carbonyl (C=O) groups is 1. The van der Waals surface area contributed by atoms with Crippen LogP contribution in [0.3, 0.4) is 0 Å². The van der Waals surface area contributed by atoms with Gasteiger partial charge in [-0.2, -0.15) is 0 Å². The summed E-state index contributed by atoms with van der Waals surface area (Å²) >= 11 is 0. The third-order valence-electron chi connectivity index (χ3n) is 5.37.